The van der Waals surface area contributed by atoms with Gasteiger partial charge in [-0.3, -0.25) is 4.90 Å². The summed E-state index contributed by atoms with van der Waals surface area (Å²) < 4.78 is 14.0. The van der Waals surface area contributed by atoms with Gasteiger partial charge in [-0.15, -0.1) is 0 Å². The zero-order chi connectivity index (χ0) is 17.3. The average Bonchev–Trinajstić information content (AvgIpc) is 2.89. The van der Waals surface area contributed by atoms with E-state index in [0.29, 0.717) is 12.1 Å². The minimum atomic E-state index is -0.483. The second kappa shape index (κ2) is 6.27. The predicted octanol–water partition coefficient (Wildman–Crippen LogP) is 4.26. The van der Waals surface area contributed by atoms with Gasteiger partial charge in [-0.1, -0.05) is 50.2 Å². The number of carbonyl (C=O) groups is 1. The quantitative estimate of drug-likeness (QED) is 0.898. The Balaban J connectivity index is 1.73. The van der Waals surface area contributed by atoms with Crippen LogP contribution < -0.4 is 10.2 Å². The molecule has 3 rings (SSSR count). The molecule has 2 aromatic rings. The van der Waals surface area contributed by atoms with Crippen LogP contribution >= 0.6 is 0 Å². The molecule has 0 aliphatic carbocycles. The first-order valence-corrected chi connectivity index (χ1v) is 8.30. The number of benzene rings is 2. The summed E-state index contributed by atoms with van der Waals surface area (Å²) in [5, 5.41) is 2.98. The molecule has 0 radical (unpaired) electrons. The monoisotopic (exact) mass is 326 g/mol. The van der Waals surface area contributed by atoms with Gasteiger partial charge in [0, 0.05) is 23.7 Å². The van der Waals surface area contributed by atoms with E-state index in [2.05, 4.69) is 11.4 Å². The Morgan fingerprint density at radius 1 is 1.21 bits per heavy atom. The largest absolute Gasteiger partial charge is 0.337 e. The summed E-state index contributed by atoms with van der Waals surface area (Å²) in [6, 6.07) is 14.7. The molecule has 1 atom stereocenters. The summed E-state index contributed by atoms with van der Waals surface area (Å²) >= 11 is 0. The molecule has 0 spiro atoms. The molecule has 1 N–H and O–H groups in total. The number of urea groups is 1. The Labute approximate surface area is 142 Å². The molecule has 0 aromatic heterocycles. The lowest BCUT2D eigenvalue weighted by atomic mass is 9.84. The van der Waals surface area contributed by atoms with E-state index in [1.807, 2.05) is 45.0 Å². The highest BCUT2D eigenvalue weighted by atomic mass is 19.1. The van der Waals surface area contributed by atoms with Gasteiger partial charge in [0.15, 0.2) is 0 Å². The number of halogens is 1. The SMILES string of the molecule is CC1Cc2ccccc2N1C(=O)NCC(C)(C)c1ccccc1F. The van der Waals surface area contributed by atoms with E-state index in [4.69, 9.17) is 0 Å². The molecule has 1 unspecified atom stereocenters. The van der Waals surface area contributed by atoms with Crippen LogP contribution in [0.25, 0.3) is 0 Å². The standard InChI is InChI=1S/C20H23FN2O/c1-14-12-15-8-4-7-11-18(15)23(14)19(24)22-13-20(2,3)16-9-5-6-10-17(16)21/h4-11,14H,12-13H2,1-3H3,(H,22,24). The Morgan fingerprint density at radius 3 is 2.62 bits per heavy atom. The number of para-hydroxylation sites is 1. The maximum absolute atomic E-state index is 14.0. The van der Waals surface area contributed by atoms with Gasteiger partial charge in [-0.2, -0.15) is 0 Å². The molecule has 2 amide bonds. The van der Waals surface area contributed by atoms with Gasteiger partial charge in [0.2, 0.25) is 0 Å². The minimum absolute atomic E-state index is 0.124. The van der Waals surface area contributed by atoms with Crippen molar-refractivity contribution >= 4 is 11.7 Å². The summed E-state index contributed by atoms with van der Waals surface area (Å²) in [4.78, 5) is 14.5. The van der Waals surface area contributed by atoms with Gasteiger partial charge in [0.25, 0.3) is 0 Å². The number of amides is 2. The van der Waals surface area contributed by atoms with Crippen molar-refractivity contribution < 1.29 is 9.18 Å². The number of hydrogen-bond donors (Lipinski definition) is 1. The lowest BCUT2D eigenvalue weighted by Crippen LogP contribution is -2.47. The van der Waals surface area contributed by atoms with E-state index in [1.54, 1.807) is 17.0 Å². The van der Waals surface area contributed by atoms with Crippen molar-refractivity contribution in [2.45, 2.75) is 38.6 Å². The maximum Gasteiger partial charge on any atom is 0.322 e. The number of carbonyl (C=O) groups excluding carboxylic acids is 1. The fourth-order valence-electron chi connectivity index (χ4n) is 3.36. The van der Waals surface area contributed by atoms with Gasteiger partial charge >= 0.3 is 6.03 Å². The van der Waals surface area contributed by atoms with Crippen LogP contribution in [0.15, 0.2) is 48.5 Å². The molecular formula is C20H23FN2O. The molecule has 1 aliphatic heterocycles. The smallest absolute Gasteiger partial charge is 0.322 e. The first-order chi connectivity index (χ1) is 11.4. The van der Waals surface area contributed by atoms with Gasteiger partial charge in [-0.05, 0) is 36.6 Å². The van der Waals surface area contributed by atoms with Crippen LogP contribution in [-0.2, 0) is 11.8 Å². The molecule has 2 aromatic carbocycles. The van der Waals surface area contributed by atoms with Crippen LogP contribution in [0.4, 0.5) is 14.9 Å². The second-order valence-electron chi connectivity index (χ2n) is 7.07. The predicted molar refractivity (Wildman–Crippen MR) is 94.9 cm³/mol. The summed E-state index contributed by atoms with van der Waals surface area (Å²) in [6.45, 7) is 6.29. The third-order valence-electron chi connectivity index (χ3n) is 4.71. The zero-order valence-corrected chi connectivity index (χ0v) is 14.3. The molecule has 1 aliphatic rings. The van der Waals surface area contributed by atoms with E-state index < -0.39 is 5.41 Å². The molecule has 1 heterocycles. The number of nitrogens with one attached hydrogen (secondary N) is 1. The second-order valence-corrected chi connectivity index (χ2v) is 7.07. The zero-order valence-electron chi connectivity index (χ0n) is 14.3. The molecule has 4 heteroatoms. The van der Waals surface area contributed by atoms with Crippen molar-refractivity contribution in [3.8, 4) is 0 Å². The number of rotatable bonds is 3. The number of nitrogens with zero attached hydrogens (tertiary/aromatic N) is 1. The number of anilines is 1. The molecule has 0 bridgehead atoms. The van der Waals surface area contributed by atoms with Crippen LogP contribution in [0.1, 0.15) is 31.9 Å². The molecule has 0 fully saturated rings. The summed E-state index contributed by atoms with van der Waals surface area (Å²) in [5.74, 6) is -0.239. The van der Waals surface area contributed by atoms with E-state index in [9.17, 15) is 9.18 Å². The summed E-state index contributed by atoms with van der Waals surface area (Å²) in [7, 11) is 0. The van der Waals surface area contributed by atoms with Crippen LogP contribution in [0.5, 0.6) is 0 Å². The van der Waals surface area contributed by atoms with E-state index in [1.165, 1.54) is 11.6 Å². The molecule has 24 heavy (non-hydrogen) atoms. The van der Waals surface area contributed by atoms with E-state index in [-0.39, 0.29) is 17.9 Å². The maximum atomic E-state index is 14.0. The third-order valence-corrected chi connectivity index (χ3v) is 4.71. The van der Waals surface area contributed by atoms with Crippen molar-refractivity contribution in [2.75, 3.05) is 11.4 Å². The molecule has 0 saturated carbocycles. The molecule has 3 nitrogen and oxygen atoms in total. The van der Waals surface area contributed by atoms with Gasteiger partial charge < -0.3 is 5.32 Å². The number of fused-ring (bicyclic) bond motifs is 1. The Bertz CT molecular complexity index is 757. The highest BCUT2D eigenvalue weighted by Crippen LogP contribution is 2.32. The fraction of sp³-hybridized carbons (Fsp3) is 0.350. The normalized spacial score (nSPS) is 16.8. The third kappa shape index (κ3) is 3.01. The summed E-state index contributed by atoms with van der Waals surface area (Å²) in [6.07, 6.45) is 0.861. The topological polar surface area (TPSA) is 32.3 Å². The van der Waals surface area contributed by atoms with E-state index in [0.717, 1.165) is 12.1 Å². The van der Waals surface area contributed by atoms with E-state index >= 15 is 0 Å². The van der Waals surface area contributed by atoms with Crippen LogP contribution in [0.3, 0.4) is 0 Å². The van der Waals surface area contributed by atoms with Crippen molar-refractivity contribution in [1.29, 1.82) is 0 Å². The van der Waals surface area contributed by atoms with Gasteiger partial charge in [-0.25, -0.2) is 9.18 Å². The molecule has 126 valence electrons. The molecular weight excluding hydrogens is 303 g/mol. The van der Waals surface area contributed by atoms with Crippen LogP contribution in [-0.4, -0.2) is 18.6 Å². The molecule has 0 saturated heterocycles. The highest BCUT2D eigenvalue weighted by molar-refractivity contribution is 5.95. The van der Waals surface area contributed by atoms with Crippen molar-refractivity contribution in [3.05, 3.63) is 65.5 Å². The van der Waals surface area contributed by atoms with Gasteiger partial charge in [0.1, 0.15) is 5.82 Å². The first-order valence-electron chi connectivity index (χ1n) is 8.30. The van der Waals surface area contributed by atoms with Gasteiger partial charge in [0.05, 0.1) is 0 Å². The lowest BCUT2D eigenvalue weighted by molar-refractivity contribution is 0.242. The lowest BCUT2D eigenvalue weighted by Gasteiger charge is -2.29. The van der Waals surface area contributed by atoms with Crippen molar-refractivity contribution in [1.82, 2.24) is 5.32 Å². The summed E-state index contributed by atoms with van der Waals surface area (Å²) in [5.41, 5.74) is 2.28. The van der Waals surface area contributed by atoms with Crippen molar-refractivity contribution in [3.63, 3.8) is 0 Å². The highest BCUT2D eigenvalue weighted by Gasteiger charge is 2.32. The Hall–Kier alpha value is -2.36. The minimum Gasteiger partial charge on any atom is -0.337 e. The Kier molecular flexibility index (Phi) is 4.31. The Morgan fingerprint density at radius 2 is 1.88 bits per heavy atom. The van der Waals surface area contributed by atoms with Crippen LogP contribution in [0, 0.1) is 5.82 Å². The average molecular weight is 326 g/mol. The first kappa shape index (κ1) is 16.5. The fourth-order valence-corrected chi connectivity index (χ4v) is 3.36. The number of hydrogen-bond acceptors (Lipinski definition) is 1. The van der Waals surface area contributed by atoms with Crippen molar-refractivity contribution in [2.24, 2.45) is 0 Å². The van der Waals surface area contributed by atoms with Crippen LogP contribution in [0.2, 0.25) is 0 Å².